The van der Waals surface area contributed by atoms with Gasteiger partial charge in [0.15, 0.2) is 5.57 Å². The predicted octanol–water partition coefficient (Wildman–Crippen LogP) is 5.97. The van der Waals surface area contributed by atoms with E-state index in [1.807, 2.05) is 66.0 Å². The van der Waals surface area contributed by atoms with E-state index in [-0.39, 0.29) is 5.57 Å². The molecule has 0 saturated carbocycles. The summed E-state index contributed by atoms with van der Waals surface area (Å²) in [5.74, 6) is 0. The number of allylic oxidation sites excluding steroid dienone is 1. The lowest BCUT2D eigenvalue weighted by molar-refractivity contribution is 0.682. The van der Waals surface area contributed by atoms with E-state index in [2.05, 4.69) is 41.9 Å². The molecule has 3 rings (SSSR count). The molecule has 1 aromatic carbocycles. The van der Waals surface area contributed by atoms with Crippen molar-refractivity contribution in [1.29, 1.82) is 10.5 Å². The Kier molecular flexibility index (Phi) is 9.44. The average Bonchev–Trinajstić information content (AvgIpc) is 3.48. The van der Waals surface area contributed by atoms with Crippen molar-refractivity contribution in [1.82, 2.24) is 4.98 Å². The van der Waals surface area contributed by atoms with E-state index in [9.17, 15) is 10.5 Å². The zero-order valence-electron chi connectivity index (χ0n) is 19.1. The molecule has 0 aliphatic heterocycles. The van der Waals surface area contributed by atoms with Gasteiger partial charge in [-0.15, -0.1) is 22.7 Å². The third-order valence-corrected chi connectivity index (χ3v) is 7.28. The Morgan fingerprint density at radius 2 is 1.67 bits per heavy atom. The molecule has 0 amide bonds. The quantitative estimate of drug-likeness (QED) is 0.365. The molecule has 0 atom stereocenters. The van der Waals surface area contributed by atoms with Crippen molar-refractivity contribution >= 4 is 45.4 Å². The van der Waals surface area contributed by atoms with Crippen LogP contribution in [0.4, 0.5) is 5.00 Å². The first kappa shape index (κ1) is 24.5. The fraction of sp³-hybridized carbons (Fsp3) is 0.296. The molecule has 0 bridgehead atoms. The maximum Gasteiger partial charge on any atom is 0.165 e. The molecule has 0 unspecified atom stereocenters. The molecule has 0 N–H and O–H groups in total. The fourth-order valence-electron chi connectivity index (χ4n) is 3.34. The number of rotatable bonds is 10. The van der Waals surface area contributed by atoms with Crippen molar-refractivity contribution in [3.8, 4) is 23.4 Å². The molecule has 3 aromatic rings. The normalized spacial score (nSPS) is 11.5. The molecular formula is C27H28N4S2. The number of aromatic nitrogens is 1. The van der Waals surface area contributed by atoms with Gasteiger partial charge in [0.25, 0.3) is 0 Å². The number of unbranched alkanes of at least 4 members (excludes halogenated alkanes) is 2. The van der Waals surface area contributed by atoms with Crippen molar-refractivity contribution in [3.05, 3.63) is 62.6 Å². The van der Waals surface area contributed by atoms with Gasteiger partial charge in [0.05, 0.1) is 15.2 Å². The summed E-state index contributed by atoms with van der Waals surface area (Å²) >= 11 is 3.18. The zero-order chi connectivity index (χ0) is 23.5. The lowest BCUT2D eigenvalue weighted by atomic mass is 10.1. The van der Waals surface area contributed by atoms with E-state index < -0.39 is 0 Å². The molecule has 0 spiro atoms. The van der Waals surface area contributed by atoms with Crippen molar-refractivity contribution < 1.29 is 0 Å². The van der Waals surface area contributed by atoms with Crippen LogP contribution in [0.15, 0.2) is 48.5 Å². The Morgan fingerprint density at radius 3 is 2.30 bits per heavy atom. The van der Waals surface area contributed by atoms with Gasteiger partial charge in [-0.05, 0) is 37.1 Å². The SMILES string of the molecule is CCCCN(CCCC)c1ccc(/C=C/C=c2/sc(=C(C#N)C#N)nc2-c2ccccc2)s1. The van der Waals surface area contributed by atoms with Gasteiger partial charge in [-0.3, -0.25) is 0 Å². The van der Waals surface area contributed by atoms with Crippen LogP contribution in [-0.4, -0.2) is 18.1 Å². The first-order valence-electron chi connectivity index (χ1n) is 11.3. The highest BCUT2D eigenvalue weighted by molar-refractivity contribution is 7.16. The highest BCUT2D eigenvalue weighted by atomic mass is 32.1. The molecule has 2 heterocycles. The van der Waals surface area contributed by atoms with Crippen molar-refractivity contribution in [2.75, 3.05) is 18.0 Å². The number of thiazole rings is 1. The predicted molar refractivity (Wildman–Crippen MR) is 141 cm³/mol. The molecule has 0 fully saturated rings. The number of anilines is 1. The van der Waals surface area contributed by atoms with Crippen LogP contribution in [0.5, 0.6) is 0 Å². The van der Waals surface area contributed by atoms with Gasteiger partial charge in [-0.25, -0.2) is 4.98 Å². The summed E-state index contributed by atoms with van der Waals surface area (Å²) in [5.41, 5.74) is 1.80. The van der Waals surface area contributed by atoms with Gasteiger partial charge in [-0.2, -0.15) is 10.5 Å². The Bertz CT molecular complexity index is 1250. The van der Waals surface area contributed by atoms with Gasteiger partial charge in [0.2, 0.25) is 0 Å². The minimum absolute atomic E-state index is 0.0444. The maximum atomic E-state index is 9.26. The summed E-state index contributed by atoms with van der Waals surface area (Å²) in [7, 11) is 0. The molecule has 0 radical (unpaired) electrons. The first-order valence-corrected chi connectivity index (χ1v) is 12.9. The third-order valence-electron chi connectivity index (χ3n) is 5.13. The Labute approximate surface area is 204 Å². The Morgan fingerprint density at radius 1 is 0.970 bits per heavy atom. The van der Waals surface area contributed by atoms with Crippen LogP contribution in [0.1, 0.15) is 44.4 Å². The second kappa shape index (κ2) is 12.7. The summed E-state index contributed by atoms with van der Waals surface area (Å²) in [6.45, 7) is 6.68. The molecule has 33 heavy (non-hydrogen) atoms. The maximum absolute atomic E-state index is 9.26. The van der Waals surface area contributed by atoms with Crippen LogP contribution in [0.2, 0.25) is 0 Å². The third kappa shape index (κ3) is 6.65. The van der Waals surface area contributed by atoms with E-state index in [0.717, 1.165) is 28.9 Å². The van der Waals surface area contributed by atoms with Gasteiger partial charge in [0.1, 0.15) is 16.8 Å². The highest BCUT2D eigenvalue weighted by Gasteiger charge is 2.09. The van der Waals surface area contributed by atoms with E-state index >= 15 is 0 Å². The number of nitrogens with zero attached hydrogens (tertiary/aromatic N) is 4. The van der Waals surface area contributed by atoms with Crippen LogP contribution in [0, 0.1) is 22.7 Å². The number of hydrogen-bond donors (Lipinski definition) is 0. The number of hydrogen-bond acceptors (Lipinski definition) is 6. The Balaban J connectivity index is 1.91. The van der Waals surface area contributed by atoms with Crippen LogP contribution < -0.4 is 14.1 Å². The summed E-state index contributed by atoms with van der Waals surface area (Å²) in [5, 5.41) is 19.8. The average molecular weight is 473 g/mol. The highest BCUT2D eigenvalue weighted by Crippen LogP contribution is 2.28. The number of benzene rings is 1. The molecule has 6 heteroatoms. The second-order valence-electron chi connectivity index (χ2n) is 7.59. The van der Waals surface area contributed by atoms with Gasteiger partial charge < -0.3 is 4.90 Å². The number of thiophene rings is 1. The van der Waals surface area contributed by atoms with Crippen molar-refractivity contribution in [3.63, 3.8) is 0 Å². The molecule has 168 valence electrons. The van der Waals surface area contributed by atoms with Crippen LogP contribution in [-0.2, 0) is 0 Å². The number of nitriles is 2. The lowest BCUT2D eigenvalue weighted by Crippen LogP contribution is -2.24. The largest absolute Gasteiger partial charge is 0.363 e. The van der Waals surface area contributed by atoms with Crippen LogP contribution >= 0.6 is 22.7 Å². The monoisotopic (exact) mass is 472 g/mol. The van der Waals surface area contributed by atoms with Gasteiger partial charge in [0, 0.05) is 23.5 Å². The summed E-state index contributed by atoms with van der Waals surface area (Å²) < 4.78 is 1.39. The van der Waals surface area contributed by atoms with E-state index in [4.69, 9.17) is 0 Å². The minimum atomic E-state index is 0.0444. The Hall–Kier alpha value is -3.19. The molecule has 0 saturated heterocycles. The molecule has 0 aliphatic carbocycles. The molecule has 2 aromatic heterocycles. The first-order chi connectivity index (χ1) is 16.2. The lowest BCUT2D eigenvalue weighted by Gasteiger charge is -2.22. The zero-order valence-corrected chi connectivity index (χ0v) is 20.8. The van der Waals surface area contributed by atoms with Crippen molar-refractivity contribution in [2.45, 2.75) is 39.5 Å². The second-order valence-corrected chi connectivity index (χ2v) is 9.72. The molecule has 4 nitrogen and oxygen atoms in total. The topological polar surface area (TPSA) is 63.7 Å². The fourth-order valence-corrected chi connectivity index (χ4v) is 5.25. The summed E-state index contributed by atoms with van der Waals surface area (Å²) in [6.07, 6.45) is 11.0. The summed E-state index contributed by atoms with van der Waals surface area (Å²) in [6, 6.07) is 18.2. The van der Waals surface area contributed by atoms with E-state index in [1.165, 1.54) is 46.9 Å². The van der Waals surface area contributed by atoms with Crippen LogP contribution in [0.3, 0.4) is 0 Å². The molecular weight excluding hydrogens is 444 g/mol. The minimum Gasteiger partial charge on any atom is -0.363 e. The standard InChI is InChI=1S/C27H28N4S2/c1-3-5-17-31(18-6-4-2)25-16-15-23(32-25)13-10-14-24-26(21-11-8-7-9-12-21)30-27(33-24)22(19-28)20-29/h7-16H,3-6,17-18H2,1-2H3/b13-10+,24-14+. The van der Waals surface area contributed by atoms with E-state index in [0.29, 0.717) is 4.66 Å². The van der Waals surface area contributed by atoms with Crippen molar-refractivity contribution in [2.24, 2.45) is 0 Å². The van der Waals surface area contributed by atoms with Crippen LogP contribution in [0.25, 0.3) is 29.0 Å². The summed E-state index contributed by atoms with van der Waals surface area (Å²) in [4.78, 5) is 8.30. The van der Waals surface area contributed by atoms with E-state index in [1.54, 1.807) is 0 Å². The van der Waals surface area contributed by atoms with Gasteiger partial charge in [-0.1, -0.05) is 63.1 Å². The molecule has 0 aliphatic rings. The smallest absolute Gasteiger partial charge is 0.165 e. The van der Waals surface area contributed by atoms with Gasteiger partial charge >= 0.3 is 0 Å².